The van der Waals surface area contributed by atoms with E-state index in [1.165, 1.54) is 4.90 Å². The Hall–Kier alpha value is -1.36. The molecule has 1 saturated heterocycles. The summed E-state index contributed by atoms with van der Waals surface area (Å²) in [5.41, 5.74) is 0.561. The van der Waals surface area contributed by atoms with Crippen molar-refractivity contribution < 1.29 is 14.7 Å². The topological polar surface area (TPSA) is 60.4 Å². The number of halogens is 1. The molecular weight excluding hydrogens is 274 g/mol. The summed E-state index contributed by atoms with van der Waals surface area (Å²) in [6.07, 6.45) is 0. The minimum Gasteiger partial charge on any atom is -0.550 e. The maximum atomic E-state index is 11.8. The van der Waals surface area contributed by atoms with E-state index in [9.17, 15) is 14.7 Å². The van der Waals surface area contributed by atoms with Crippen LogP contribution in [-0.2, 0) is 4.79 Å². The van der Waals surface area contributed by atoms with Crippen LogP contribution >= 0.6 is 15.9 Å². The highest BCUT2D eigenvalue weighted by atomic mass is 79.9. The molecule has 16 heavy (non-hydrogen) atoms. The van der Waals surface area contributed by atoms with E-state index in [4.69, 9.17) is 0 Å². The highest BCUT2D eigenvalue weighted by Gasteiger charge is 2.31. The molecule has 0 aromatic heterocycles. The Labute approximate surface area is 101 Å². The SMILES string of the molecule is O=C([O-])C1CN(C(=O)c2cccc(Br)c2)C1. The Bertz CT molecular complexity index is 441. The molecule has 0 unspecified atom stereocenters. The second-order valence-corrected chi connectivity index (χ2v) is 4.65. The Morgan fingerprint density at radius 3 is 2.62 bits per heavy atom. The van der Waals surface area contributed by atoms with Crippen molar-refractivity contribution in [2.75, 3.05) is 13.1 Å². The standard InChI is InChI=1S/C11H10BrNO3/c12-9-3-1-2-7(4-9)10(14)13-5-8(6-13)11(15)16/h1-4,8H,5-6H2,(H,15,16)/p-1. The van der Waals surface area contributed by atoms with Crippen molar-refractivity contribution in [2.45, 2.75) is 0 Å². The van der Waals surface area contributed by atoms with Crippen LogP contribution < -0.4 is 5.11 Å². The van der Waals surface area contributed by atoms with Crippen LogP contribution in [0.5, 0.6) is 0 Å². The van der Waals surface area contributed by atoms with Crippen LogP contribution in [0.2, 0.25) is 0 Å². The first-order chi connectivity index (χ1) is 7.58. The zero-order valence-corrected chi connectivity index (χ0v) is 9.94. The summed E-state index contributed by atoms with van der Waals surface area (Å²) < 4.78 is 0.829. The van der Waals surface area contributed by atoms with Crippen LogP contribution in [0.15, 0.2) is 28.7 Å². The monoisotopic (exact) mass is 282 g/mol. The molecule has 0 atom stereocenters. The van der Waals surface area contributed by atoms with Crippen LogP contribution in [0.3, 0.4) is 0 Å². The van der Waals surface area contributed by atoms with Crippen molar-refractivity contribution in [1.82, 2.24) is 4.90 Å². The minimum atomic E-state index is -1.08. The number of benzene rings is 1. The number of hydrogen-bond acceptors (Lipinski definition) is 3. The summed E-state index contributed by atoms with van der Waals surface area (Å²) in [5, 5.41) is 10.5. The van der Waals surface area contributed by atoms with Crippen molar-refractivity contribution in [3.8, 4) is 0 Å². The third-order valence-electron chi connectivity index (χ3n) is 2.57. The van der Waals surface area contributed by atoms with E-state index >= 15 is 0 Å². The van der Waals surface area contributed by atoms with Gasteiger partial charge in [-0.3, -0.25) is 4.79 Å². The van der Waals surface area contributed by atoms with E-state index in [2.05, 4.69) is 15.9 Å². The molecular formula is C11H9BrNO3-. The zero-order chi connectivity index (χ0) is 11.7. The van der Waals surface area contributed by atoms with Gasteiger partial charge >= 0.3 is 0 Å². The van der Waals surface area contributed by atoms with Crippen LogP contribution in [0.1, 0.15) is 10.4 Å². The molecule has 0 saturated carbocycles. The summed E-state index contributed by atoms with van der Waals surface area (Å²) in [6, 6.07) is 7.03. The second-order valence-electron chi connectivity index (χ2n) is 3.74. The Morgan fingerprint density at radius 2 is 2.06 bits per heavy atom. The number of nitrogens with zero attached hydrogens (tertiary/aromatic N) is 1. The average Bonchev–Trinajstić information content (AvgIpc) is 2.14. The molecule has 0 bridgehead atoms. The van der Waals surface area contributed by atoms with Crippen molar-refractivity contribution >= 4 is 27.8 Å². The lowest BCUT2D eigenvalue weighted by Crippen LogP contribution is -2.56. The summed E-state index contributed by atoms with van der Waals surface area (Å²) in [5.74, 6) is -1.74. The summed E-state index contributed by atoms with van der Waals surface area (Å²) in [6.45, 7) is 0.487. The first-order valence-corrected chi connectivity index (χ1v) is 5.63. The smallest absolute Gasteiger partial charge is 0.253 e. The number of hydrogen-bond donors (Lipinski definition) is 0. The number of rotatable bonds is 2. The van der Waals surface area contributed by atoms with E-state index in [0.717, 1.165) is 4.47 Å². The van der Waals surface area contributed by atoms with Gasteiger partial charge in [0.2, 0.25) is 0 Å². The van der Waals surface area contributed by atoms with E-state index in [1.807, 2.05) is 6.07 Å². The van der Waals surface area contributed by atoms with Crippen LogP contribution in [0.4, 0.5) is 0 Å². The molecule has 84 valence electrons. The molecule has 1 aromatic rings. The van der Waals surface area contributed by atoms with Gasteiger partial charge in [-0.2, -0.15) is 0 Å². The van der Waals surface area contributed by atoms with E-state index < -0.39 is 11.9 Å². The predicted octanol–water partition coefficient (Wildman–Crippen LogP) is 0.271. The molecule has 2 rings (SSSR count). The fourth-order valence-corrected chi connectivity index (χ4v) is 2.00. The lowest BCUT2D eigenvalue weighted by atomic mass is 9.99. The van der Waals surface area contributed by atoms with Crippen molar-refractivity contribution in [3.05, 3.63) is 34.3 Å². The summed E-state index contributed by atoms with van der Waals surface area (Å²) in [7, 11) is 0. The Kier molecular flexibility index (Phi) is 2.96. The van der Waals surface area contributed by atoms with E-state index in [0.29, 0.717) is 5.56 Å². The first kappa shape index (κ1) is 11.1. The van der Waals surface area contributed by atoms with E-state index in [1.54, 1.807) is 18.2 Å². The molecule has 5 heteroatoms. The van der Waals surface area contributed by atoms with Gasteiger partial charge in [0.15, 0.2) is 0 Å². The summed E-state index contributed by atoms with van der Waals surface area (Å²) >= 11 is 3.28. The molecule has 1 amide bonds. The van der Waals surface area contributed by atoms with Crippen LogP contribution in [-0.4, -0.2) is 29.9 Å². The Morgan fingerprint density at radius 1 is 1.38 bits per heavy atom. The summed E-state index contributed by atoms with van der Waals surface area (Å²) in [4.78, 5) is 23.8. The molecule has 1 heterocycles. The van der Waals surface area contributed by atoms with Crippen molar-refractivity contribution in [3.63, 3.8) is 0 Å². The molecule has 0 radical (unpaired) electrons. The molecule has 0 spiro atoms. The molecule has 4 nitrogen and oxygen atoms in total. The van der Waals surface area contributed by atoms with Gasteiger partial charge in [-0.1, -0.05) is 22.0 Å². The molecule has 1 aromatic carbocycles. The molecule has 1 aliphatic rings. The minimum absolute atomic E-state index is 0.140. The number of carboxylic acid groups (broad SMARTS) is 1. The number of likely N-dealkylation sites (tertiary alicyclic amines) is 1. The number of carboxylic acids is 1. The van der Waals surface area contributed by atoms with Crippen LogP contribution in [0.25, 0.3) is 0 Å². The molecule has 1 fully saturated rings. The number of aliphatic carboxylic acids is 1. The Balaban J connectivity index is 2.03. The van der Waals surface area contributed by atoms with Gasteiger partial charge in [-0.25, -0.2) is 0 Å². The normalized spacial score (nSPS) is 15.7. The lowest BCUT2D eigenvalue weighted by Gasteiger charge is -2.39. The van der Waals surface area contributed by atoms with Gasteiger partial charge in [-0.05, 0) is 18.2 Å². The maximum Gasteiger partial charge on any atom is 0.253 e. The van der Waals surface area contributed by atoms with Gasteiger partial charge in [0, 0.05) is 35.0 Å². The van der Waals surface area contributed by atoms with Crippen molar-refractivity contribution in [1.29, 1.82) is 0 Å². The fourth-order valence-electron chi connectivity index (χ4n) is 1.60. The number of amides is 1. The van der Waals surface area contributed by atoms with Gasteiger partial charge in [0.1, 0.15) is 0 Å². The van der Waals surface area contributed by atoms with Crippen molar-refractivity contribution in [2.24, 2.45) is 5.92 Å². The highest BCUT2D eigenvalue weighted by molar-refractivity contribution is 9.10. The fraction of sp³-hybridized carbons (Fsp3) is 0.273. The van der Waals surface area contributed by atoms with Gasteiger partial charge < -0.3 is 14.8 Å². The number of carbonyl (C=O) groups excluding carboxylic acids is 2. The predicted molar refractivity (Wildman–Crippen MR) is 58.5 cm³/mol. The average molecular weight is 283 g/mol. The third-order valence-corrected chi connectivity index (χ3v) is 3.07. The quantitative estimate of drug-likeness (QED) is 0.782. The highest BCUT2D eigenvalue weighted by Crippen LogP contribution is 2.20. The van der Waals surface area contributed by atoms with Gasteiger partial charge in [-0.15, -0.1) is 0 Å². The molecule has 0 aliphatic carbocycles. The number of carbonyl (C=O) groups is 2. The molecule has 0 N–H and O–H groups in total. The third kappa shape index (κ3) is 2.09. The van der Waals surface area contributed by atoms with Gasteiger partial charge in [0.25, 0.3) is 5.91 Å². The van der Waals surface area contributed by atoms with E-state index in [-0.39, 0.29) is 19.0 Å². The second kappa shape index (κ2) is 4.25. The maximum absolute atomic E-state index is 11.8. The first-order valence-electron chi connectivity index (χ1n) is 4.83. The lowest BCUT2D eigenvalue weighted by molar-refractivity contribution is -0.314. The largest absolute Gasteiger partial charge is 0.550 e. The van der Waals surface area contributed by atoms with Gasteiger partial charge in [0.05, 0.1) is 0 Å². The zero-order valence-electron chi connectivity index (χ0n) is 8.35. The van der Waals surface area contributed by atoms with Crippen LogP contribution in [0, 0.1) is 5.92 Å². The molecule has 1 aliphatic heterocycles.